The number of carbonyl (C=O) groups excluding carboxylic acids is 1. The standard InChI is InChI=1S/C13H26N2O3/c1-5-7-11-13(16)15(12(6-2)14-11)8-10(18-4)9-17-3/h10-12,14H,5-9H2,1-4H3. The molecular weight excluding hydrogens is 232 g/mol. The maximum Gasteiger partial charge on any atom is 0.241 e. The molecule has 1 heterocycles. The number of amides is 1. The van der Waals surface area contributed by atoms with E-state index in [1.807, 2.05) is 4.90 Å². The molecule has 1 saturated heterocycles. The summed E-state index contributed by atoms with van der Waals surface area (Å²) in [6, 6.07) is -0.0278. The Balaban J connectivity index is 2.63. The Bertz CT molecular complexity index is 261. The molecule has 0 spiro atoms. The molecule has 0 radical (unpaired) electrons. The van der Waals surface area contributed by atoms with Crippen molar-refractivity contribution in [2.45, 2.75) is 51.4 Å². The van der Waals surface area contributed by atoms with Crippen LogP contribution in [-0.4, -0.2) is 56.5 Å². The van der Waals surface area contributed by atoms with Crippen molar-refractivity contribution in [1.29, 1.82) is 0 Å². The van der Waals surface area contributed by atoms with Crippen molar-refractivity contribution in [3.05, 3.63) is 0 Å². The molecular formula is C13H26N2O3. The molecule has 3 unspecified atom stereocenters. The van der Waals surface area contributed by atoms with Crippen LogP contribution in [0.5, 0.6) is 0 Å². The van der Waals surface area contributed by atoms with Crippen molar-refractivity contribution in [1.82, 2.24) is 10.2 Å². The number of nitrogens with zero attached hydrogens (tertiary/aromatic N) is 1. The van der Waals surface area contributed by atoms with Gasteiger partial charge < -0.3 is 14.4 Å². The van der Waals surface area contributed by atoms with Gasteiger partial charge in [-0.1, -0.05) is 20.3 Å². The summed E-state index contributed by atoms with van der Waals surface area (Å²) >= 11 is 0. The van der Waals surface area contributed by atoms with Crippen LogP contribution in [-0.2, 0) is 14.3 Å². The fourth-order valence-corrected chi connectivity index (χ4v) is 2.40. The van der Waals surface area contributed by atoms with Crippen LogP contribution in [0.15, 0.2) is 0 Å². The van der Waals surface area contributed by atoms with Gasteiger partial charge in [0, 0.05) is 14.2 Å². The topological polar surface area (TPSA) is 50.8 Å². The van der Waals surface area contributed by atoms with Gasteiger partial charge in [-0.15, -0.1) is 0 Å². The van der Waals surface area contributed by atoms with E-state index in [1.165, 1.54) is 0 Å². The number of hydrogen-bond donors (Lipinski definition) is 1. The highest BCUT2D eigenvalue weighted by atomic mass is 16.5. The summed E-state index contributed by atoms with van der Waals surface area (Å²) in [4.78, 5) is 14.2. The Morgan fingerprint density at radius 3 is 2.61 bits per heavy atom. The summed E-state index contributed by atoms with van der Waals surface area (Å²) in [6.07, 6.45) is 2.89. The Labute approximate surface area is 110 Å². The Morgan fingerprint density at radius 1 is 1.39 bits per heavy atom. The predicted molar refractivity (Wildman–Crippen MR) is 70.3 cm³/mol. The van der Waals surface area contributed by atoms with Crippen LogP contribution >= 0.6 is 0 Å². The predicted octanol–water partition coefficient (Wildman–Crippen LogP) is 0.984. The van der Waals surface area contributed by atoms with Gasteiger partial charge in [-0.3, -0.25) is 10.1 Å². The molecule has 1 N–H and O–H groups in total. The number of carbonyl (C=O) groups is 1. The SMILES string of the molecule is CCCC1NC(CC)N(CC(COC)OC)C1=O. The first kappa shape index (κ1) is 15.4. The molecule has 18 heavy (non-hydrogen) atoms. The maximum absolute atomic E-state index is 12.3. The van der Waals surface area contributed by atoms with Crippen LogP contribution in [0.2, 0.25) is 0 Å². The summed E-state index contributed by atoms with van der Waals surface area (Å²) in [7, 11) is 3.30. The Hall–Kier alpha value is -0.650. The third-order valence-electron chi connectivity index (χ3n) is 3.40. The molecule has 1 rings (SSSR count). The monoisotopic (exact) mass is 258 g/mol. The number of rotatable bonds is 8. The van der Waals surface area contributed by atoms with E-state index < -0.39 is 0 Å². The second-order valence-corrected chi connectivity index (χ2v) is 4.74. The van der Waals surface area contributed by atoms with Crippen molar-refractivity contribution in [3.63, 3.8) is 0 Å². The van der Waals surface area contributed by atoms with E-state index in [4.69, 9.17) is 9.47 Å². The lowest BCUT2D eigenvalue weighted by Crippen LogP contribution is -2.43. The third kappa shape index (κ3) is 3.67. The van der Waals surface area contributed by atoms with Crippen molar-refractivity contribution in [2.24, 2.45) is 0 Å². The summed E-state index contributed by atoms with van der Waals surface area (Å²) in [5.41, 5.74) is 0. The third-order valence-corrected chi connectivity index (χ3v) is 3.40. The van der Waals surface area contributed by atoms with Crippen molar-refractivity contribution >= 4 is 5.91 Å². The highest BCUT2D eigenvalue weighted by Crippen LogP contribution is 2.17. The highest BCUT2D eigenvalue weighted by Gasteiger charge is 2.38. The minimum absolute atomic E-state index is 0.0278. The minimum atomic E-state index is -0.0600. The Kier molecular flexibility index (Phi) is 6.60. The summed E-state index contributed by atoms with van der Waals surface area (Å²) < 4.78 is 10.4. The smallest absolute Gasteiger partial charge is 0.241 e. The first-order valence-electron chi connectivity index (χ1n) is 6.76. The molecule has 1 fully saturated rings. The van der Waals surface area contributed by atoms with Crippen LogP contribution in [0.1, 0.15) is 33.1 Å². The van der Waals surface area contributed by atoms with Gasteiger partial charge in [0.1, 0.15) is 0 Å². The summed E-state index contributed by atoms with van der Waals surface area (Å²) in [5, 5.41) is 3.39. The van der Waals surface area contributed by atoms with Gasteiger partial charge in [-0.2, -0.15) is 0 Å². The summed E-state index contributed by atoms with van der Waals surface area (Å²) in [6.45, 7) is 5.29. The lowest BCUT2D eigenvalue weighted by Gasteiger charge is -2.27. The number of nitrogens with one attached hydrogen (secondary N) is 1. The molecule has 5 nitrogen and oxygen atoms in total. The van der Waals surface area contributed by atoms with E-state index in [0.29, 0.717) is 13.2 Å². The molecule has 0 aromatic carbocycles. The zero-order valence-electron chi connectivity index (χ0n) is 11.9. The average molecular weight is 258 g/mol. The molecule has 106 valence electrons. The number of ether oxygens (including phenoxy) is 2. The van der Waals surface area contributed by atoms with Crippen molar-refractivity contribution < 1.29 is 14.3 Å². The molecule has 0 bridgehead atoms. The minimum Gasteiger partial charge on any atom is -0.382 e. The molecule has 0 saturated carbocycles. The van der Waals surface area contributed by atoms with E-state index >= 15 is 0 Å². The van der Waals surface area contributed by atoms with E-state index in [0.717, 1.165) is 19.3 Å². The zero-order chi connectivity index (χ0) is 13.5. The number of methoxy groups -OCH3 is 2. The average Bonchev–Trinajstić information content (AvgIpc) is 2.67. The molecule has 0 aromatic heterocycles. The molecule has 5 heteroatoms. The first-order valence-corrected chi connectivity index (χ1v) is 6.76. The molecule has 1 amide bonds. The highest BCUT2D eigenvalue weighted by molar-refractivity contribution is 5.84. The van der Waals surface area contributed by atoms with E-state index in [9.17, 15) is 4.79 Å². The summed E-state index contributed by atoms with van der Waals surface area (Å²) in [5.74, 6) is 0.196. The van der Waals surface area contributed by atoms with E-state index in [1.54, 1.807) is 14.2 Å². The molecule has 1 aliphatic heterocycles. The van der Waals surface area contributed by atoms with Crippen LogP contribution < -0.4 is 5.32 Å². The normalized spacial score (nSPS) is 25.8. The van der Waals surface area contributed by atoms with Gasteiger partial charge in [-0.05, 0) is 12.8 Å². The fraction of sp³-hybridized carbons (Fsp3) is 0.923. The lowest BCUT2D eigenvalue weighted by atomic mass is 10.1. The van der Waals surface area contributed by atoms with Gasteiger partial charge in [0.15, 0.2) is 0 Å². The van der Waals surface area contributed by atoms with Crippen LogP contribution in [0.25, 0.3) is 0 Å². The van der Waals surface area contributed by atoms with E-state index in [-0.39, 0.29) is 24.2 Å². The van der Waals surface area contributed by atoms with Crippen molar-refractivity contribution in [3.8, 4) is 0 Å². The first-order chi connectivity index (χ1) is 8.67. The molecule has 0 aromatic rings. The molecule has 0 aliphatic carbocycles. The molecule has 3 atom stereocenters. The van der Waals surface area contributed by atoms with Gasteiger partial charge >= 0.3 is 0 Å². The largest absolute Gasteiger partial charge is 0.382 e. The lowest BCUT2D eigenvalue weighted by molar-refractivity contribution is -0.132. The Morgan fingerprint density at radius 2 is 2.11 bits per heavy atom. The van der Waals surface area contributed by atoms with Gasteiger partial charge in [0.05, 0.1) is 31.5 Å². The number of hydrogen-bond acceptors (Lipinski definition) is 4. The van der Waals surface area contributed by atoms with Crippen LogP contribution in [0.4, 0.5) is 0 Å². The van der Waals surface area contributed by atoms with Crippen LogP contribution in [0, 0.1) is 0 Å². The van der Waals surface area contributed by atoms with Crippen molar-refractivity contribution in [2.75, 3.05) is 27.4 Å². The van der Waals surface area contributed by atoms with E-state index in [2.05, 4.69) is 19.2 Å². The van der Waals surface area contributed by atoms with Gasteiger partial charge in [0.25, 0.3) is 0 Å². The fourth-order valence-electron chi connectivity index (χ4n) is 2.40. The quantitative estimate of drug-likeness (QED) is 0.705. The van der Waals surface area contributed by atoms with Crippen LogP contribution in [0.3, 0.4) is 0 Å². The van der Waals surface area contributed by atoms with Gasteiger partial charge in [0.2, 0.25) is 5.91 Å². The maximum atomic E-state index is 12.3. The van der Waals surface area contributed by atoms with Gasteiger partial charge in [-0.25, -0.2) is 0 Å². The zero-order valence-corrected chi connectivity index (χ0v) is 11.9. The second-order valence-electron chi connectivity index (χ2n) is 4.74. The molecule has 1 aliphatic rings. The second kappa shape index (κ2) is 7.71.